The lowest BCUT2D eigenvalue weighted by molar-refractivity contribution is -0.116. The van der Waals surface area contributed by atoms with Crippen LogP contribution in [0.4, 0.5) is 10.5 Å². The summed E-state index contributed by atoms with van der Waals surface area (Å²) in [5.74, 6) is -0.180. The molecule has 2 amide bonds. The zero-order valence-electron chi connectivity index (χ0n) is 13.0. The van der Waals surface area contributed by atoms with Crippen molar-refractivity contribution in [3.63, 3.8) is 0 Å². The molecule has 23 heavy (non-hydrogen) atoms. The Kier molecular flexibility index (Phi) is 4.48. The Morgan fingerprint density at radius 2 is 2.22 bits per heavy atom. The van der Waals surface area contributed by atoms with Crippen LogP contribution >= 0.6 is 15.9 Å². The number of hydrogen-bond acceptors (Lipinski definition) is 4. The van der Waals surface area contributed by atoms with Crippen molar-refractivity contribution >= 4 is 33.6 Å². The van der Waals surface area contributed by atoms with E-state index in [-0.39, 0.29) is 30.5 Å². The van der Waals surface area contributed by atoms with Crippen LogP contribution in [0.15, 0.2) is 22.7 Å². The van der Waals surface area contributed by atoms with E-state index < -0.39 is 0 Å². The Morgan fingerprint density at radius 3 is 2.91 bits per heavy atom. The van der Waals surface area contributed by atoms with Crippen LogP contribution in [0.5, 0.6) is 0 Å². The van der Waals surface area contributed by atoms with Gasteiger partial charge in [-0.25, -0.2) is 4.79 Å². The Morgan fingerprint density at radius 1 is 1.43 bits per heavy atom. The molecule has 7 heteroatoms. The maximum atomic E-state index is 12.0. The van der Waals surface area contributed by atoms with Crippen molar-refractivity contribution in [3.8, 4) is 0 Å². The molecule has 0 saturated carbocycles. The maximum Gasteiger partial charge on any atom is 0.409 e. The summed E-state index contributed by atoms with van der Waals surface area (Å²) in [6, 6.07) is 6.19. The minimum atomic E-state index is -0.347. The van der Waals surface area contributed by atoms with E-state index in [4.69, 9.17) is 10.5 Å². The van der Waals surface area contributed by atoms with Gasteiger partial charge in [0.25, 0.3) is 0 Å². The molecule has 2 aliphatic heterocycles. The first-order valence-electron chi connectivity index (χ1n) is 7.78. The number of nitrogens with two attached hydrogens (primary N) is 1. The number of para-hydroxylation sites is 1. The van der Waals surface area contributed by atoms with Crippen LogP contribution in [0.3, 0.4) is 0 Å². The summed E-state index contributed by atoms with van der Waals surface area (Å²) in [6.45, 7) is 3.60. The monoisotopic (exact) mass is 381 g/mol. The fourth-order valence-electron chi connectivity index (χ4n) is 3.66. The molecule has 0 radical (unpaired) electrons. The predicted molar refractivity (Wildman–Crippen MR) is 90.4 cm³/mol. The van der Waals surface area contributed by atoms with E-state index >= 15 is 0 Å². The first-order valence-corrected chi connectivity index (χ1v) is 8.57. The molecule has 124 valence electrons. The molecule has 1 fully saturated rings. The van der Waals surface area contributed by atoms with Crippen molar-refractivity contribution in [1.82, 2.24) is 4.90 Å². The highest BCUT2D eigenvalue weighted by Crippen LogP contribution is 2.47. The Balaban J connectivity index is 1.91. The molecule has 1 aromatic rings. The number of ether oxygens (including phenoxy) is 1. The summed E-state index contributed by atoms with van der Waals surface area (Å²) in [5, 5.41) is 0. The van der Waals surface area contributed by atoms with E-state index in [1.165, 1.54) is 0 Å². The van der Waals surface area contributed by atoms with Crippen molar-refractivity contribution in [3.05, 3.63) is 28.2 Å². The smallest absolute Gasteiger partial charge is 0.409 e. The van der Waals surface area contributed by atoms with Gasteiger partial charge in [-0.2, -0.15) is 0 Å². The van der Waals surface area contributed by atoms with Crippen LogP contribution in [-0.4, -0.2) is 49.2 Å². The van der Waals surface area contributed by atoms with Crippen molar-refractivity contribution in [2.24, 2.45) is 5.73 Å². The Hall–Kier alpha value is -1.76. The molecule has 6 nitrogen and oxygen atoms in total. The Bertz CT molecular complexity index is 637. The molecule has 0 aromatic heterocycles. The first-order chi connectivity index (χ1) is 11.0. The lowest BCUT2D eigenvalue weighted by atomic mass is 9.89. The van der Waals surface area contributed by atoms with Gasteiger partial charge in [0.15, 0.2) is 0 Å². The van der Waals surface area contributed by atoms with Crippen molar-refractivity contribution in [1.29, 1.82) is 0 Å². The number of piperidine rings is 1. The average Bonchev–Trinajstić information content (AvgIpc) is 2.82. The lowest BCUT2D eigenvalue weighted by Crippen LogP contribution is -2.50. The molecule has 0 aliphatic carbocycles. The van der Waals surface area contributed by atoms with Gasteiger partial charge >= 0.3 is 6.09 Å². The number of benzene rings is 1. The van der Waals surface area contributed by atoms with Crippen LogP contribution in [-0.2, 0) is 9.53 Å². The number of nitrogens with zero attached hydrogens (tertiary/aromatic N) is 2. The maximum absolute atomic E-state index is 12.0. The summed E-state index contributed by atoms with van der Waals surface area (Å²) in [6.07, 6.45) is 0.522. The Labute approximate surface area is 143 Å². The zero-order valence-corrected chi connectivity index (χ0v) is 14.6. The van der Waals surface area contributed by atoms with Crippen LogP contribution in [0.2, 0.25) is 0 Å². The quantitative estimate of drug-likeness (QED) is 0.869. The molecule has 3 rings (SSSR count). The second-order valence-electron chi connectivity index (χ2n) is 5.88. The second-order valence-corrected chi connectivity index (χ2v) is 6.73. The summed E-state index contributed by atoms with van der Waals surface area (Å²) in [5.41, 5.74) is 7.61. The van der Waals surface area contributed by atoms with Crippen LogP contribution < -0.4 is 10.6 Å². The van der Waals surface area contributed by atoms with Gasteiger partial charge < -0.3 is 20.3 Å². The molecular formula is C16H20BrN3O3. The molecule has 1 aromatic carbocycles. The number of halogens is 1. The van der Waals surface area contributed by atoms with Gasteiger partial charge in [-0.05, 0) is 40.9 Å². The topological polar surface area (TPSA) is 75.9 Å². The number of primary amides is 1. The molecular weight excluding hydrogens is 362 g/mol. The number of rotatable bonds is 3. The number of anilines is 1. The summed E-state index contributed by atoms with van der Waals surface area (Å²) >= 11 is 3.58. The zero-order chi connectivity index (χ0) is 16.6. The summed E-state index contributed by atoms with van der Waals surface area (Å²) < 4.78 is 6.08. The number of hydrogen-bond donors (Lipinski definition) is 1. The molecule has 1 saturated heterocycles. The molecule has 2 N–H and O–H groups in total. The fraction of sp³-hybridized carbons (Fsp3) is 0.500. The third kappa shape index (κ3) is 2.89. The SMILES string of the molecule is CCOC(=O)N1CC[C@@H]2[C@H](C1)c1cccc(Br)c1N2CC(N)=O. The van der Waals surface area contributed by atoms with E-state index in [2.05, 4.69) is 26.9 Å². The van der Waals surface area contributed by atoms with E-state index in [0.29, 0.717) is 19.7 Å². The number of carbonyl (C=O) groups excluding carboxylic acids is 2. The molecule has 2 atom stereocenters. The highest BCUT2D eigenvalue weighted by molar-refractivity contribution is 9.10. The van der Waals surface area contributed by atoms with E-state index in [1.807, 2.05) is 12.1 Å². The molecule has 2 heterocycles. The second kappa shape index (κ2) is 6.39. The molecule has 0 unspecified atom stereocenters. The van der Waals surface area contributed by atoms with E-state index in [1.54, 1.807) is 11.8 Å². The number of fused-ring (bicyclic) bond motifs is 3. The summed E-state index contributed by atoms with van der Waals surface area (Å²) in [7, 11) is 0. The van der Waals surface area contributed by atoms with E-state index in [0.717, 1.165) is 22.1 Å². The molecule has 0 spiro atoms. The third-order valence-electron chi connectivity index (χ3n) is 4.53. The number of amides is 2. The van der Waals surface area contributed by atoms with Gasteiger partial charge in [-0.3, -0.25) is 4.79 Å². The average molecular weight is 382 g/mol. The minimum Gasteiger partial charge on any atom is -0.450 e. The van der Waals surface area contributed by atoms with Gasteiger partial charge in [0, 0.05) is 29.5 Å². The van der Waals surface area contributed by atoms with Gasteiger partial charge in [-0.1, -0.05) is 12.1 Å². The van der Waals surface area contributed by atoms with Crippen molar-refractivity contribution in [2.45, 2.75) is 25.3 Å². The van der Waals surface area contributed by atoms with Crippen molar-refractivity contribution < 1.29 is 14.3 Å². The highest BCUT2D eigenvalue weighted by Gasteiger charge is 2.44. The minimum absolute atomic E-state index is 0.167. The van der Waals surface area contributed by atoms with Crippen LogP contribution in [0.1, 0.15) is 24.8 Å². The van der Waals surface area contributed by atoms with Crippen molar-refractivity contribution in [2.75, 3.05) is 31.1 Å². The number of likely N-dealkylation sites (tertiary alicyclic amines) is 1. The normalized spacial score (nSPS) is 22.5. The lowest BCUT2D eigenvalue weighted by Gasteiger charge is -2.38. The van der Waals surface area contributed by atoms with Gasteiger partial charge in [0.2, 0.25) is 5.91 Å². The summed E-state index contributed by atoms with van der Waals surface area (Å²) in [4.78, 5) is 27.4. The van der Waals surface area contributed by atoms with Gasteiger partial charge in [0.1, 0.15) is 0 Å². The highest BCUT2D eigenvalue weighted by atomic mass is 79.9. The van der Waals surface area contributed by atoms with Crippen LogP contribution in [0, 0.1) is 0 Å². The largest absolute Gasteiger partial charge is 0.450 e. The number of carbonyl (C=O) groups is 2. The van der Waals surface area contributed by atoms with E-state index in [9.17, 15) is 9.59 Å². The molecule has 2 aliphatic rings. The standard InChI is InChI=1S/C16H20BrN3O3/c1-2-23-16(22)19-7-6-13-11(8-19)10-4-3-5-12(17)15(10)20(13)9-14(18)21/h3-5,11,13H,2,6-9H2,1H3,(H2,18,21)/t11-,13-/m1/s1. The fourth-order valence-corrected chi connectivity index (χ4v) is 4.27. The third-order valence-corrected chi connectivity index (χ3v) is 5.17. The van der Waals surface area contributed by atoms with Crippen LogP contribution in [0.25, 0.3) is 0 Å². The van der Waals surface area contributed by atoms with Gasteiger partial charge in [-0.15, -0.1) is 0 Å². The molecule has 0 bridgehead atoms. The predicted octanol–water partition coefficient (Wildman–Crippen LogP) is 2.07. The van der Waals surface area contributed by atoms with Gasteiger partial charge in [0.05, 0.1) is 18.8 Å². The first kappa shape index (κ1) is 16.1.